The molecule has 0 amide bonds. The molecule has 2 rings (SSSR count). The molecule has 2 aromatic rings. The van der Waals surface area contributed by atoms with Crippen LogP contribution in [0.5, 0.6) is 0 Å². The van der Waals surface area contributed by atoms with E-state index >= 15 is 0 Å². The lowest BCUT2D eigenvalue weighted by atomic mass is 9.79. The Morgan fingerprint density at radius 3 is 1.76 bits per heavy atom. The first-order chi connectivity index (χ1) is 15.6. The molecule has 0 spiro atoms. The lowest BCUT2D eigenvalue weighted by Crippen LogP contribution is -2.14. The Bertz CT molecular complexity index is 684. The first kappa shape index (κ1) is 31.2. The molecule has 0 heterocycles. The molecule has 0 saturated carbocycles. The van der Waals surface area contributed by atoms with Gasteiger partial charge >= 0.3 is 6.18 Å². The van der Waals surface area contributed by atoms with E-state index in [1.807, 2.05) is 50.4 Å². The maximum atomic E-state index is 12.9. The second kappa shape index (κ2) is 17.6. The van der Waals surface area contributed by atoms with Crippen molar-refractivity contribution in [3.63, 3.8) is 0 Å². The van der Waals surface area contributed by atoms with E-state index in [-0.39, 0.29) is 5.92 Å². The summed E-state index contributed by atoms with van der Waals surface area (Å²) in [6.07, 6.45) is 1.37. The quantitative estimate of drug-likeness (QED) is 0.389. The standard InChI is InChI=1S/C19H29F3.C6H6.C4H11N/c1-6-13(3)8-10-16(7-2)15(5)18-12-17(19(20,21)22)11-9-14(18)4;1-2-4-6-5-3-1;1-3-4-5-2/h9,11-13,15-16H,6-8,10H2,1-5H3;1-6H;5H,3-4H2,1-2H3. The molecular formula is C29H46F3N. The van der Waals surface area contributed by atoms with Gasteiger partial charge in [0.25, 0.3) is 0 Å². The minimum Gasteiger partial charge on any atom is -0.320 e. The zero-order valence-corrected chi connectivity index (χ0v) is 21.8. The Morgan fingerprint density at radius 1 is 0.848 bits per heavy atom. The predicted molar refractivity (Wildman–Crippen MR) is 138 cm³/mol. The Morgan fingerprint density at radius 2 is 1.39 bits per heavy atom. The number of hydrogen-bond acceptors (Lipinski definition) is 1. The van der Waals surface area contributed by atoms with Crippen LogP contribution >= 0.6 is 0 Å². The van der Waals surface area contributed by atoms with Crippen molar-refractivity contribution >= 4 is 0 Å². The zero-order valence-electron chi connectivity index (χ0n) is 21.8. The number of benzene rings is 2. The van der Waals surface area contributed by atoms with Gasteiger partial charge in [-0.05, 0) is 74.4 Å². The van der Waals surface area contributed by atoms with E-state index in [1.54, 1.807) is 6.07 Å². The Hall–Kier alpha value is -1.81. The van der Waals surface area contributed by atoms with Crippen molar-refractivity contribution < 1.29 is 13.2 Å². The monoisotopic (exact) mass is 465 g/mol. The SMILES string of the molecule is CCC(C)CCC(CC)C(C)c1cc(C(F)(F)F)ccc1C.CCCNC.c1ccccc1. The van der Waals surface area contributed by atoms with Crippen LogP contribution in [0.25, 0.3) is 0 Å². The van der Waals surface area contributed by atoms with Crippen LogP contribution in [0.2, 0.25) is 0 Å². The maximum Gasteiger partial charge on any atom is 0.416 e. The highest BCUT2D eigenvalue weighted by Gasteiger charge is 2.31. The van der Waals surface area contributed by atoms with Crippen LogP contribution in [0.3, 0.4) is 0 Å². The maximum absolute atomic E-state index is 12.9. The van der Waals surface area contributed by atoms with Crippen molar-refractivity contribution in [1.82, 2.24) is 5.32 Å². The first-order valence-corrected chi connectivity index (χ1v) is 12.4. The van der Waals surface area contributed by atoms with Crippen LogP contribution in [-0.4, -0.2) is 13.6 Å². The number of nitrogens with one attached hydrogen (secondary N) is 1. The highest BCUT2D eigenvalue weighted by molar-refractivity contribution is 5.35. The molecule has 4 heteroatoms. The second-order valence-corrected chi connectivity index (χ2v) is 8.88. The summed E-state index contributed by atoms with van der Waals surface area (Å²) in [5, 5.41) is 3.02. The van der Waals surface area contributed by atoms with Gasteiger partial charge in [-0.3, -0.25) is 0 Å². The molecule has 3 atom stereocenters. The van der Waals surface area contributed by atoms with Crippen molar-refractivity contribution in [2.45, 2.75) is 85.7 Å². The van der Waals surface area contributed by atoms with Gasteiger partial charge in [0.1, 0.15) is 0 Å². The van der Waals surface area contributed by atoms with Crippen LogP contribution < -0.4 is 5.32 Å². The summed E-state index contributed by atoms with van der Waals surface area (Å²) >= 11 is 0. The first-order valence-electron chi connectivity index (χ1n) is 12.4. The van der Waals surface area contributed by atoms with Gasteiger partial charge in [0.15, 0.2) is 0 Å². The van der Waals surface area contributed by atoms with E-state index < -0.39 is 11.7 Å². The normalized spacial score (nSPS) is 13.6. The van der Waals surface area contributed by atoms with Gasteiger partial charge < -0.3 is 5.32 Å². The molecule has 0 aliphatic carbocycles. The third-order valence-corrected chi connectivity index (χ3v) is 6.22. The predicted octanol–water partition coefficient (Wildman–Crippen LogP) is 9.27. The van der Waals surface area contributed by atoms with Gasteiger partial charge in [0.05, 0.1) is 5.56 Å². The van der Waals surface area contributed by atoms with Crippen LogP contribution in [0.1, 0.15) is 89.3 Å². The van der Waals surface area contributed by atoms with E-state index in [0.717, 1.165) is 43.4 Å². The molecule has 0 aromatic heterocycles. The van der Waals surface area contributed by atoms with Crippen molar-refractivity contribution in [2.24, 2.45) is 11.8 Å². The Labute approximate surface area is 201 Å². The molecule has 0 aliphatic rings. The van der Waals surface area contributed by atoms with Crippen LogP contribution in [0.4, 0.5) is 13.2 Å². The highest BCUT2D eigenvalue weighted by atomic mass is 19.4. The number of hydrogen-bond donors (Lipinski definition) is 1. The summed E-state index contributed by atoms with van der Waals surface area (Å²) in [5.41, 5.74) is 1.28. The molecule has 0 saturated heterocycles. The van der Waals surface area contributed by atoms with Gasteiger partial charge in [-0.2, -0.15) is 13.2 Å². The summed E-state index contributed by atoms with van der Waals surface area (Å²) in [6, 6.07) is 16.1. The second-order valence-electron chi connectivity index (χ2n) is 8.88. The summed E-state index contributed by atoms with van der Waals surface area (Å²) in [7, 11) is 1.96. The minimum absolute atomic E-state index is 0.163. The van der Waals surface area contributed by atoms with Crippen molar-refractivity contribution in [1.29, 1.82) is 0 Å². The zero-order chi connectivity index (χ0) is 25.3. The van der Waals surface area contributed by atoms with Crippen LogP contribution in [0, 0.1) is 18.8 Å². The summed E-state index contributed by atoms with van der Waals surface area (Å²) in [5.74, 6) is 1.29. The third kappa shape index (κ3) is 13.5. The molecular weight excluding hydrogens is 419 g/mol. The van der Waals surface area contributed by atoms with Gasteiger partial charge in [-0.25, -0.2) is 0 Å². The molecule has 188 valence electrons. The Kier molecular flexibility index (Phi) is 16.7. The summed E-state index contributed by atoms with van der Waals surface area (Å²) in [6.45, 7) is 13.8. The van der Waals surface area contributed by atoms with Crippen LogP contribution in [-0.2, 0) is 6.18 Å². The van der Waals surface area contributed by atoms with Gasteiger partial charge in [0.2, 0.25) is 0 Å². The lowest BCUT2D eigenvalue weighted by Gasteiger charge is -2.26. The van der Waals surface area contributed by atoms with E-state index in [2.05, 4.69) is 39.9 Å². The third-order valence-electron chi connectivity index (χ3n) is 6.22. The average molecular weight is 466 g/mol. The Balaban J connectivity index is 0.000000757. The minimum atomic E-state index is -4.26. The lowest BCUT2D eigenvalue weighted by molar-refractivity contribution is -0.137. The molecule has 2 aromatic carbocycles. The number of alkyl halides is 3. The molecule has 1 N–H and O–H groups in total. The topological polar surface area (TPSA) is 12.0 Å². The van der Waals surface area contributed by atoms with Gasteiger partial charge in [-0.15, -0.1) is 0 Å². The largest absolute Gasteiger partial charge is 0.416 e. The number of rotatable bonds is 9. The molecule has 33 heavy (non-hydrogen) atoms. The van der Waals surface area contributed by atoms with E-state index in [1.165, 1.54) is 18.6 Å². The summed E-state index contributed by atoms with van der Waals surface area (Å²) in [4.78, 5) is 0. The van der Waals surface area contributed by atoms with Crippen molar-refractivity contribution in [2.75, 3.05) is 13.6 Å². The summed E-state index contributed by atoms with van der Waals surface area (Å²) < 4.78 is 38.8. The molecule has 0 aliphatic heterocycles. The smallest absolute Gasteiger partial charge is 0.320 e. The molecule has 0 bridgehead atoms. The van der Waals surface area contributed by atoms with Gasteiger partial charge in [-0.1, -0.05) is 96.3 Å². The molecule has 1 nitrogen and oxygen atoms in total. The van der Waals surface area contributed by atoms with Crippen LogP contribution in [0.15, 0.2) is 54.6 Å². The van der Waals surface area contributed by atoms with Gasteiger partial charge in [0, 0.05) is 0 Å². The van der Waals surface area contributed by atoms with Crippen molar-refractivity contribution in [3.05, 3.63) is 71.3 Å². The van der Waals surface area contributed by atoms with Crippen molar-refractivity contribution in [3.8, 4) is 0 Å². The average Bonchev–Trinajstić information content (AvgIpc) is 2.81. The number of aryl methyl sites for hydroxylation is 1. The molecule has 0 fully saturated rings. The fraction of sp³-hybridized carbons (Fsp3) is 0.586. The molecule has 3 unspecified atom stereocenters. The molecule has 0 radical (unpaired) electrons. The van der Waals surface area contributed by atoms with E-state index in [4.69, 9.17) is 0 Å². The highest BCUT2D eigenvalue weighted by Crippen LogP contribution is 2.37. The van der Waals surface area contributed by atoms with E-state index in [0.29, 0.717) is 11.8 Å². The fourth-order valence-electron chi connectivity index (χ4n) is 3.71. The fourth-order valence-corrected chi connectivity index (χ4v) is 3.71. The van der Waals surface area contributed by atoms with E-state index in [9.17, 15) is 13.2 Å². The number of halogens is 3.